The maximum absolute atomic E-state index is 11.2. The van der Waals surface area contributed by atoms with Crippen molar-refractivity contribution in [1.82, 2.24) is 0 Å². The van der Waals surface area contributed by atoms with Crippen LogP contribution in [0.1, 0.15) is 18.4 Å². The molecule has 0 bridgehead atoms. The topological polar surface area (TPSA) is 35.5 Å². The fourth-order valence-corrected chi connectivity index (χ4v) is 1.60. The highest BCUT2D eigenvalue weighted by Gasteiger charge is 2.17. The lowest BCUT2D eigenvalue weighted by molar-refractivity contribution is -0.152. The fraction of sp³-hybridized carbons (Fsp3) is 0.462. The van der Waals surface area contributed by atoms with Gasteiger partial charge in [0.25, 0.3) is 0 Å². The second-order valence-electron chi connectivity index (χ2n) is 3.63. The Morgan fingerprint density at radius 2 is 1.94 bits per heavy atom. The third-order valence-electron chi connectivity index (χ3n) is 2.52. The third-order valence-corrected chi connectivity index (χ3v) is 2.52. The molecule has 88 valence electrons. The molecule has 0 saturated carbocycles. The molecule has 1 rings (SSSR count). The molecule has 1 atom stereocenters. The van der Waals surface area contributed by atoms with Gasteiger partial charge in [-0.25, -0.2) is 4.79 Å². The van der Waals surface area contributed by atoms with Crippen LogP contribution in [0.3, 0.4) is 0 Å². The zero-order chi connectivity index (χ0) is 11.8. The predicted molar refractivity (Wildman–Crippen MR) is 62.2 cm³/mol. The van der Waals surface area contributed by atoms with E-state index in [-0.39, 0.29) is 5.97 Å². The first-order valence-electron chi connectivity index (χ1n) is 5.42. The summed E-state index contributed by atoms with van der Waals surface area (Å²) in [7, 11) is 2.91. The third kappa shape index (κ3) is 4.03. The largest absolute Gasteiger partial charge is 0.467 e. The van der Waals surface area contributed by atoms with E-state index in [4.69, 9.17) is 4.74 Å². The highest BCUT2D eigenvalue weighted by atomic mass is 16.6. The number of rotatable bonds is 6. The number of carbonyl (C=O) groups is 1. The van der Waals surface area contributed by atoms with Gasteiger partial charge in [0.05, 0.1) is 7.11 Å². The first-order valence-corrected chi connectivity index (χ1v) is 5.42. The number of aryl methyl sites for hydroxylation is 1. The molecule has 3 heteroatoms. The lowest BCUT2D eigenvalue weighted by Crippen LogP contribution is -2.24. The monoisotopic (exact) mass is 222 g/mol. The summed E-state index contributed by atoms with van der Waals surface area (Å²) in [5, 5.41) is 0. The minimum absolute atomic E-state index is 0.296. The zero-order valence-electron chi connectivity index (χ0n) is 9.81. The van der Waals surface area contributed by atoms with Gasteiger partial charge < -0.3 is 9.47 Å². The predicted octanol–water partition coefficient (Wildman–Crippen LogP) is 2.20. The van der Waals surface area contributed by atoms with E-state index < -0.39 is 6.10 Å². The van der Waals surface area contributed by atoms with Crippen molar-refractivity contribution in [3.05, 3.63) is 35.9 Å². The molecule has 3 nitrogen and oxygen atoms in total. The number of hydrogen-bond acceptors (Lipinski definition) is 3. The van der Waals surface area contributed by atoms with Crippen LogP contribution in [-0.2, 0) is 20.7 Å². The molecule has 0 fully saturated rings. The number of esters is 1. The molecule has 0 amide bonds. The normalized spacial score (nSPS) is 12.1. The van der Waals surface area contributed by atoms with Gasteiger partial charge in [0.1, 0.15) is 0 Å². The molecule has 0 saturated heterocycles. The SMILES string of the molecule is COC(=O)[C@@H](CCCc1ccccc1)OC. The fourth-order valence-electron chi connectivity index (χ4n) is 1.60. The van der Waals surface area contributed by atoms with E-state index in [0.29, 0.717) is 6.42 Å². The van der Waals surface area contributed by atoms with Crippen molar-refractivity contribution < 1.29 is 14.3 Å². The molecular weight excluding hydrogens is 204 g/mol. The van der Waals surface area contributed by atoms with Gasteiger partial charge in [0.2, 0.25) is 0 Å². The van der Waals surface area contributed by atoms with Crippen LogP contribution >= 0.6 is 0 Å². The van der Waals surface area contributed by atoms with Crippen LogP contribution in [0.25, 0.3) is 0 Å². The Hall–Kier alpha value is -1.35. The van der Waals surface area contributed by atoms with Crippen LogP contribution in [0.4, 0.5) is 0 Å². The molecular formula is C13H18O3. The van der Waals surface area contributed by atoms with Gasteiger partial charge in [0.15, 0.2) is 6.10 Å². The van der Waals surface area contributed by atoms with E-state index in [1.54, 1.807) is 0 Å². The second kappa shape index (κ2) is 7.01. The first kappa shape index (κ1) is 12.7. The molecule has 1 aromatic carbocycles. The molecule has 0 N–H and O–H groups in total. The number of carbonyl (C=O) groups excluding carboxylic acids is 1. The first-order chi connectivity index (χ1) is 7.77. The van der Waals surface area contributed by atoms with Gasteiger partial charge in [-0.15, -0.1) is 0 Å². The molecule has 0 radical (unpaired) electrons. The average Bonchev–Trinajstić information content (AvgIpc) is 2.35. The van der Waals surface area contributed by atoms with Crippen molar-refractivity contribution in [2.24, 2.45) is 0 Å². The summed E-state index contributed by atoms with van der Waals surface area (Å²) in [5.74, 6) is -0.296. The standard InChI is InChI=1S/C13H18O3/c1-15-12(13(14)16-2)10-6-9-11-7-4-3-5-8-11/h3-5,7-8,12H,6,9-10H2,1-2H3/t12-/m1/s1. The van der Waals surface area contributed by atoms with Crippen molar-refractivity contribution >= 4 is 5.97 Å². The lowest BCUT2D eigenvalue weighted by atomic mass is 10.1. The van der Waals surface area contributed by atoms with Crippen LogP contribution in [0.5, 0.6) is 0 Å². The number of methoxy groups -OCH3 is 2. The van der Waals surface area contributed by atoms with Crippen molar-refractivity contribution in [2.75, 3.05) is 14.2 Å². The van der Waals surface area contributed by atoms with E-state index in [9.17, 15) is 4.79 Å². The molecule has 0 unspecified atom stereocenters. The Balaban J connectivity index is 2.31. The van der Waals surface area contributed by atoms with Gasteiger partial charge in [-0.2, -0.15) is 0 Å². The summed E-state index contributed by atoms with van der Waals surface area (Å²) in [5.41, 5.74) is 1.28. The Kier molecular flexibility index (Phi) is 5.57. The smallest absolute Gasteiger partial charge is 0.334 e. The van der Waals surface area contributed by atoms with Crippen LogP contribution in [0, 0.1) is 0 Å². The van der Waals surface area contributed by atoms with Crippen LogP contribution in [-0.4, -0.2) is 26.3 Å². The molecule has 0 aliphatic heterocycles. The lowest BCUT2D eigenvalue weighted by Gasteiger charge is -2.12. The summed E-state index contributed by atoms with van der Waals surface area (Å²) >= 11 is 0. The second-order valence-corrected chi connectivity index (χ2v) is 3.63. The number of ether oxygens (including phenoxy) is 2. The van der Waals surface area contributed by atoms with Crippen molar-refractivity contribution in [3.63, 3.8) is 0 Å². The quantitative estimate of drug-likeness (QED) is 0.692. The molecule has 0 spiro atoms. The molecule has 0 heterocycles. The van der Waals surface area contributed by atoms with Crippen molar-refractivity contribution in [2.45, 2.75) is 25.4 Å². The van der Waals surface area contributed by atoms with Crippen molar-refractivity contribution in [3.8, 4) is 0 Å². The average molecular weight is 222 g/mol. The summed E-state index contributed by atoms with van der Waals surface area (Å²) in [6, 6.07) is 10.2. The number of hydrogen-bond donors (Lipinski definition) is 0. The molecule has 0 aliphatic carbocycles. The highest BCUT2D eigenvalue weighted by Crippen LogP contribution is 2.09. The van der Waals surface area contributed by atoms with E-state index in [2.05, 4.69) is 16.9 Å². The summed E-state index contributed by atoms with van der Waals surface area (Å²) < 4.78 is 9.71. The van der Waals surface area contributed by atoms with Gasteiger partial charge in [-0.3, -0.25) is 0 Å². The Labute approximate surface area is 96.4 Å². The Morgan fingerprint density at radius 1 is 1.25 bits per heavy atom. The van der Waals surface area contributed by atoms with Crippen LogP contribution < -0.4 is 0 Å². The van der Waals surface area contributed by atoms with E-state index in [1.807, 2.05) is 18.2 Å². The Morgan fingerprint density at radius 3 is 2.50 bits per heavy atom. The Bertz CT molecular complexity index is 308. The zero-order valence-corrected chi connectivity index (χ0v) is 9.81. The van der Waals surface area contributed by atoms with Gasteiger partial charge >= 0.3 is 5.97 Å². The summed E-state index contributed by atoms with van der Waals surface area (Å²) in [6.45, 7) is 0. The van der Waals surface area contributed by atoms with Crippen LogP contribution in [0.15, 0.2) is 30.3 Å². The minimum atomic E-state index is -0.436. The van der Waals surface area contributed by atoms with E-state index in [0.717, 1.165) is 12.8 Å². The number of benzene rings is 1. The molecule has 0 aliphatic rings. The van der Waals surface area contributed by atoms with Gasteiger partial charge in [0, 0.05) is 7.11 Å². The van der Waals surface area contributed by atoms with E-state index in [1.165, 1.54) is 19.8 Å². The van der Waals surface area contributed by atoms with E-state index >= 15 is 0 Å². The van der Waals surface area contributed by atoms with Gasteiger partial charge in [-0.05, 0) is 24.8 Å². The maximum atomic E-state index is 11.2. The molecule has 16 heavy (non-hydrogen) atoms. The molecule has 1 aromatic rings. The summed E-state index contributed by atoms with van der Waals surface area (Å²) in [6.07, 6.45) is 2.13. The maximum Gasteiger partial charge on any atom is 0.334 e. The molecule has 0 aromatic heterocycles. The minimum Gasteiger partial charge on any atom is -0.467 e. The highest BCUT2D eigenvalue weighted by molar-refractivity contribution is 5.74. The van der Waals surface area contributed by atoms with Crippen molar-refractivity contribution in [1.29, 1.82) is 0 Å². The van der Waals surface area contributed by atoms with Crippen LogP contribution in [0.2, 0.25) is 0 Å². The summed E-state index contributed by atoms with van der Waals surface area (Å²) in [4.78, 5) is 11.2. The van der Waals surface area contributed by atoms with Gasteiger partial charge in [-0.1, -0.05) is 30.3 Å².